The van der Waals surface area contributed by atoms with E-state index in [0.717, 1.165) is 22.4 Å². The number of pyridine rings is 1. The van der Waals surface area contributed by atoms with Crippen molar-refractivity contribution in [3.63, 3.8) is 0 Å². The van der Waals surface area contributed by atoms with Crippen LogP contribution >= 0.6 is 11.6 Å². The molecule has 0 aliphatic heterocycles. The summed E-state index contributed by atoms with van der Waals surface area (Å²) in [7, 11) is 5.04. The van der Waals surface area contributed by atoms with Crippen LogP contribution < -0.4 is 20.7 Å². The SMILES string of the molecule is CNC(=O)c1cc2ccc(CCNC(=O)Nc3ccc(Cl)c(OCCN(C)C)c3C(F)(F)F)cc2cn1. The maximum absolute atomic E-state index is 13.9. The van der Waals surface area contributed by atoms with Gasteiger partial charge in [0, 0.05) is 31.7 Å². The molecule has 0 radical (unpaired) electrons. The van der Waals surface area contributed by atoms with Crippen LogP contribution in [-0.2, 0) is 12.6 Å². The number of hydrogen-bond acceptors (Lipinski definition) is 5. The molecule has 0 aliphatic carbocycles. The molecule has 3 rings (SSSR count). The summed E-state index contributed by atoms with van der Waals surface area (Å²) in [6.07, 6.45) is -2.80. The molecule has 2 aromatic carbocycles. The Hall–Kier alpha value is -3.57. The number of nitrogens with zero attached hydrogens (tertiary/aromatic N) is 2. The zero-order chi connectivity index (χ0) is 27.2. The highest BCUT2D eigenvalue weighted by atomic mass is 35.5. The van der Waals surface area contributed by atoms with E-state index in [-0.39, 0.29) is 24.1 Å². The minimum absolute atomic E-state index is 0.0140. The number of ether oxygens (including phenoxy) is 1. The van der Waals surface area contributed by atoms with Gasteiger partial charge in [-0.05, 0) is 55.7 Å². The molecule has 0 aliphatic rings. The predicted octanol–water partition coefficient (Wildman–Crippen LogP) is 4.57. The Kier molecular flexibility index (Phi) is 9.17. The lowest BCUT2D eigenvalue weighted by atomic mass is 10.1. The highest BCUT2D eigenvalue weighted by Crippen LogP contribution is 2.45. The van der Waals surface area contributed by atoms with Crippen LogP contribution in [0.2, 0.25) is 5.02 Å². The number of nitrogens with one attached hydrogen (secondary N) is 3. The lowest BCUT2D eigenvalue weighted by Crippen LogP contribution is -2.31. The fourth-order valence-electron chi connectivity index (χ4n) is 3.50. The van der Waals surface area contributed by atoms with E-state index in [1.165, 1.54) is 13.1 Å². The fourth-order valence-corrected chi connectivity index (χ4v) is 3.71. The van der Waals surface area contributed by atoms with Gasteiger partial charge in [-0.3, -0.25) is 9.78 Å². The van der Waals surface area contributed by atoms with Crippen LogP contribution in [0.15, 0.2) is 42.6 Å². The maximum Gasteiger partial charge on any atom is 0.422 e. The first-order chi connectivity index (χ1) is 17.5. The average molecular weight is 538 g/mol. The third-order valence-electron chi connectivity index (χ3n) is 5.37. The van der Waals surface area contributed by atoms with Crippen LogP contribution in [0.25, 0.3) is 10.8 Å². The van der Waals surface area contributed by atoms with Gasteiger partial charge < -0.3 is 25.6 Å². The molecule has 8 nitrogen and oxygen atoms in total. The van der Waals surface area contributed by atoms with E-state index in [9.17, 15) is 22.8 Å². The molecular weight excluding hydrogens is 511 g/mol. The zero-order valence-electron chi connectivity index (χ0n) is 20.5. The van der Waals surface area contributed by atoms with Crippen LogP contribution in [0, 0.1) is 0 Å². The first kappa shape index (κ1) is 28.0. The topological polar surface area (TPSA) is 95.6 Å². The summed E-state index contributed by atoms with van der Waals surface area (Å²) in [5.74, 6) is -0.819. The molecule has 1 heterocycles. The first-order valence-electron chi connectivity index (χ1n) is 11.3. The monoisotopic (exact) mass is 537 g/mol. The number of urea groups is 1. The molecule has 0 saturated heterocycles. The predicted molar refractivity (Wildman–Crippen MR) is 136 cm³/mol. The van der Waals surface area contributed by atoms with Gasteiger partial charge in [0.25, 0.3) is 5.91 Å². The van der Waals surface area contributed by atoms with Gasteiger partial charge in [0.1, 0.15) is 17.9 Å². The number of carbonyl (C=O) groups excluding carboxylic acids is 2. The minimum Gasteiger partial charge on any atom is -0.490 e. The van der Waals surface area contributed by atoms with Crippen LogP contribution in [0.1, 0.15) is 21.6 Å². The lowest BCUT2D eigenvalue weighted by molar-refractivity contribution is -0.138. The molecular formula is C25H27ClF3N5O3. The molecule has 1 aromatic heterocycles. The third-order valence-corrected chi connectivity index (χ3v) is 5.67. The molecule has 0 spiro atoms. The van der Waals surface area contributed by atoms with Crippen molar-refractivity contribution in [2.75, 3.05) is 46.2 Å². The second kappa shape index (κ2) is 12.1. The Morgan fingerprint density at radius 3 is 2.54 bits per heavy atom. The Labute approximate surface area is 217 Å². The van der Waals surface area contributed by atoms with Gasteiger partial charge in [0.05, 0.1) is 10.7 Å². The highest BCUT2D eigenvalue weighted by Gasteiger charge is 2.39. The van der Waals surface area contributed by atoms with Crippen molar-refractivity contribution in [3.05, 3.63) is 64.4 Å². The van der Waals surface area contributed by atoms with Gasteiger partial charge in [-0.2, -0.15) is 13.2 Å². The summed E-state index contributed by atoms with van der Waals surface area (Å²) < 4.78 is 46.9. The van der Waals surface area contributed by atoms with E-state index in [1.54, 1.807) is 31.3 Å². The normalized spacial score (nSPS) is 11.5. The average Bonchev–Trinajstić information content (AvgIpc) is 2.84. The van der Waals surface area contributed by atoms with Crippen LogP contribution in [0.3, 0.4) is 0 Å². The Morgan fingerprint density at radius 2 is 1.86 bits per heavy atom. The molecule has 0 unspecified atom stereocenters. The van der Waals surface area contributed by atoms with Gasteiger partial charge in [-0.1, -0.05) is 23.7 Å². The number of hydrogen-bond donors (Lipinski definition) is 3. The van der Waals surface area contributed by atoms with Crippen molar-refractivity contribution in [1.82, 2.24) is 20.5 Å². The van der Waals surface area contributed by atoms with Crippen molar-refractivity contribution < 1.29 is 27.5 Å². The number of aromatic nitrogens is 1. The standard InChI is InChI=1S/C25H27ClF3N5O3/c1-30-23(35)20-13-16-5-4-15(12-17(16)14-32-20)8-9-31-24(36)33-19-7-6-18(26)22(21(19)25(27,28)29)37-11-10-34(2)3/h4-7,12-14H,8-11H2,1-3H3,(H,30,35)(H2,31,33,36). The number of fused-ring (bicyclic) bond motifs is 1. The van der Waals surface area contributed by atoms with E-state index in [2.05, 4.69) is 20.9 Å². The molecule has 0 saturated carbocycles. The summed E-state index contributed by atoms with van der Waals surface area (Å²) >= 11 is 5.99. The van der Waals surface area contributed by atoms with E-state index in [4.69, 9.17) is 16.3 Å². The largest absolute Gasteiger partial charge is 0.490 e. The summed E-state index contributed by atoms with van der Waals surface area (Å²) in [6, 6.07) is 8.75. The minimum atomic E-state index is -4.81. The zero-order valence-corrected chi connectivity index (χ0v) is 21.3. The summed E-state index contributed by atoms with van der Waals surface area (Å²) in [5, 5.41) is 8.77. The third kappa shape index (κ3) is 7.46. The number of likely N-dealkylation sites (N-methyl/N-ethyl adjacent to an activating group) is 1. The molecule has 12 heteroatoms. The van der Waals surface area contributed by atoms with Crippen molar-refractivity contribution in [2.45, 2.75) is 12.6 Å². The van der Waals surface area contributed by atoms with Crippen molar-refractivity contribution in [1.29, 1.82) is 0 Å². The van der Waals surface area contributed by atoms with Gasteiger partial charge in [0.15, 0.2) is 5.75 Å². The number of carbonyl (C=O) groups is 2. The summed E-state index contributed by atoms with van der Waals surface area (Å²) in [6.45, 7) is 0.536. The van der Waals surface area contributed by atoms with Crippen LogP contribution in [-0.4, -0.2) is 62.7 Å². The van der Waals surface area contributed by atoms with Gasteiger partial charge in [-0.15, -0.1) is 0 Å². The molecule has 0 fully saturated rings. The number of benzene rings is 2. The molecule has 3 N–H and O–H groups in total. The highest BCUT2D eigenvalue weighted by molar-refractivity contribution is 6.32. The Morgan fingerprint density at radius 1 is 1.11 bits per heavy atom. The number of alkyl halides is 3. The van der Waals surface area contributed by atoms with Gasteiger partial charge in [-0.25, -0.2) is 4.79 Å². The first-order valence-corrected chi connectivity index (χ1v) is 11.7. The van der Waals surface area contributed by atoms with Crippen molar-refractivity contribution >= 4 is 40.0 Å². The lowest BCUT2D eigenvalue weighted by Gasteiger charge is -2.20. The molecule has 0 atom stereocenters. The van der Waals surface area contributed by atoms with E-state index >= 15 is 0 Å². The fraction of sp³-hybridized carbons (Fsp3) is 0.320. The Bertz CT molecular complexity index is 1280. The second-order valence-corrected chi connectivity index (χ2v) is 8.82. The quantitative estimate of drug-likeness (QED) is 0.372. The molecule has 0 bridgehead atoms. The smallest absolute Gasteiger partial charge is 0.422 e. The number of amides is 3. The summed E-state index contributed by atoms with van der Waals surface area (Å²) in [5.41, 5.74) is -0.431. The van der Waals surface area contributed by atoms with E-state index < -0.39 is 29.2 Å². The molecule has 3 aromatic rings. The van der Waals surface area contributed by atoms with E-state index in [1.807, 2.05) is 18.2 Å². The number of anilines is 1. The van der Waals surface area contributed by atoms with E-state index in [0.29, 0.717) is 18.7 Å². The van der Waals surface area contributed by atoms with Crippen molar-refractivity contribution in [2.24, 2.45) is 0 Å². The Balaban J connectivity index is 1.66. The van der Waals surface area contributed by atoms with Gasteiger partial charge >= 0.3 is 12.2 Å². The summed E-state index contributed by atoms with van der Waals surface area (Å²) in [4.78, 5) is 30.0. The number of halogens is 4. The van der Waals surface area contributed by atoms with Crippen LogP contribution in [0.4, 0.5) is 23.7 Å². The van der Waals surface area contributed by atoms with Gasteiger partial charge in [0.2, 0.25) is 0 Å². The molecule has 198 valence electrons. The van der Waals surface area contributed by atoms with Crippen molar-refractivity contribution in [3.8, 4) is 5.75 Å². The molecule has 37 heavy (non-hydrogen) atoms. The molecule has 3 amide bonds. The number of rotatable bonds is 9. The maximum atomic E-state index is 13.9. The van der Waals surface area contributed by atoms with Crippen LogP contribution in [0.5, 0.6) is 5.75 Å². The second-order valence-electron chi connectivity index (χ2n) is 8.41.